The Hall–Kier alpha value is -1.56. The Labute approximate surface area is 143 Å². The highest BCUT2D eigenvalue weighted by Crippen LogP contribution is 2.17. The molecular formula is C17H28N4OS. The van der Waals surface area contributed by atoms with Gasteiger partial charge in [-0.25, -0.2) is 0 Å². The minimum atomic E-state index is 0.0470. The van der Waals surface area contributed by atoms with Gasteiger partial charge in [-0.2, -0.15) is 11.3 Å². The number of amides is 1. The molecule has 23 heavy (non-hydrogen) atoms. The van der Waals surface area contributed by atoms with Gasteiger partial charge >= 0.3 is 0 Å². The molecule has 1 aromatic rings. The SMILES string of the molecule is CN=C(NCC(=O)NC1CCCCC1)NCC(C)c1ccsc1. The van der Waals surface area contributed by atoms with Gasteiger partial charge in [0.25, 0.3) is 0 Å². The van der Waals surface area contributed by atoms with Crippen LogP contribution >= 0.6 is 11.3 Å². The van der Waals surface area contributed by atoms with Crippen LogP contribution in [0.2, 0.25) is 0 Å². The smallest absolute Gasteiger partial charge is 0.239 e. The first kappa shape index (κ1) is 17.8. The summed E-state index contributed by atoms with van der Waals surface area (Å²) in [6, 6.07) is 2.50. The summed E-state index contributed by atoms with van der Waals surface area (Å²) in [5.41, 5.74) is 1.33. The molecule has 6 heteroatoms. The fourth-order valence-electron chi connectivity index (χ4n) is 2.83. The van der Waals surface area contributed by atoms with E-state index in [4.69, 9.17) is 0 Å². The normalized spacial score (nSPS) is 17.6. The Bertz CT molecular complexity index is 495. The van der Waals surface area contributed by atoms with Crippen LogP contribution in [0, 0.1) is 0 Å². The van der Waals surface area contributed by atoms with E-state index in [2.05, 4.69) is 44.7 Å². The second-order valence-corrected chi connectivity index (χ2v) is 6.95. The summed E-state index contributed by atoms with van der Waals surface area (Å²) in [7, 11) is 1.73. The number of rotatable bonds is 6. The summed E-state index contributed by atoms with van der Waals surface area (Å²) in [6.07, 6.45) is 5.96. The van der Waals surface area contributed by atoms with Gasteiger partial charge in [0.15, 0.2) is 5.96 Å². The van der Waals surface area contributed by atoms with Crippen molar-refractivity contribution in [2.45, 2.75) is 51.0 Å². The summed E-state index contributed by atoms with van der Waals surface area (Å²) in [4.78, 5) is 16.2. The number of thiophene rings is 1. The van der Waals surface area contributed by atoms with Crippen LogP contribution in [0.25, 0.3) is 0 Å². The van der Waals surface area contributed by atoms with Crippen LogP contribution in [0.15, 0.2) is 21.8 Å². The molecule has 128 valence electrons. The quantitative estimate of drug-likeness (QED) is 0.552. The maximum atomic E-state index is 12.0. The van der Waals surface area contributed by atoms with Gasteiger partial charge in [0.05, 0.1) is 6.54 Å². The Morgan fingerprint density at radius 2 is 2.13 bits per heavy atom. The zero-order valence-electron chi connectivity index (χ0n) is 14.1. The lowest BCUT2D eigenvalue weighted by Crippen LogP contribution is -2.46. The number of guanidine groups is 1. The molecule has 1 aliphatic carbocycles. The average molecular weight is 337 g/mol. The third kappa shape index (κ3) is 6.22. The summed E-state index contributed by atoms with van der Waals surface area (Å²) in [5, 5.41) is 13.7. The van der Waals surface area contributed by atoms with E-state index in [-0.39, 0.29) is 12.5 Å². The molecule has 1 atom stereocenters. The van der Waals surface area contributed by atoms with Crippen LogP contribution < -0.4 is 16.0 Å². The van der Waals surface area contributed by atoms with Crippen molar-refractivity contribution < 1.29 is 4.79 Å². The van der Waals surface area contributed by atoms with Crippen molar-refractivity contribution in [3.8, 4) is 0 Å². The van der Waals surface area contributed by atoms with E-state index in [1.165, 1.54) is 24.8 Å². The van der Waals surface area contributed by atoms with Crippen molar-refractivity contribution in [1.29, 1.82) is 0 Å². The second kappa shape index (κ2) is 9.55. The van der Waals surface area contributed by atoms with Crippen LogP contribution in [-0.2, 0) is 4.79 Å². The van der Waals surface area contributed by atoms with Crippen molar-refractivity contribution in [2.24, 2.45) is 4.99 Å². The molecule has 1 heterocycles. The van der Waals surface area contributed by atoms with Crippen molar-refractivity contribution in [1.82, 2.24) is 16.0 Å². The van der Waals surface area contributed by atoms with Gasteiger partial charge in [-0.3, -0.25) is 9.79 Å². The molecule has 2 rings (SSSR count). The fraction of sp³-hybridized carbons (Fsp3) is 0.647. The van der Waals surface area contributed by atoms with Gasteiger partial charge in [-0.15, -0.1) is 0 Å². The molecule has 0 bridgehead atoms. The number of hydrogen-bond acceptors (Lipinski definition) is 3. The molecule has 1 amide bonds. The van der Waals surface area contributed by atoms with Crippen LogP contribution in [0.4, 0.5) is 0 Å². The van der Waals surface area contributed by atoms with Crippen LogP contribution in [0.5, 0.6) is 0 Å². The zero-order chi connectivity index (χ0) is 16.5. The highest BCUT2D eigenvalue weighted by molar-refractivity contribution is 7.07. The van der Waals surface area contributed by atoms with Gasteiger partial charge < -0.3 is 16.0 Å². The molecule has 0 spiro atoms. The van der Waals surface area contributed by atoms with Crippen LogP contribution in [0.3, 0.4) is 0 Å². The van der Waals surface area contributed by atoms with Gasteiger partial charge in [-0.05, 0) is 41.1 Å². The molecule has 0 aromatic carbocycles. The number of hydrogen-bond donors (Lipinski definition) is 3. The van der Waals surface area contributed by atoms with Gasteiger partial charge in [0, 0.05) is 19.6 Å². The first-order chi connectivity index (χ1) is 11.2. The Balaban J connectivity index is 1.67. The molecule has 1 aromatic heterocycles. The van der Waals surface area contributed by atoms with E-state index in [1.807, 2.05) is 0 Å². The van der Waals surface area contributed by atoms with E-state index in [0.717, 1.165) is 19.4 Å². The molecule has 0 radical (unpaired) electrons. The van der Waals surface area contributed by atoms with E-state index in [1.54, 1.807) is 18.4 Å². The van der Waals surface area contributed by atoms with E-state index < -0.39 is 0 Å². The number of nitrogens with zero attached hydrogens (tertiary/aromatic N) is 1. The van der Waals surface area contributed by atoms with Gasteiger partial charge in [0.1, 0.15) is 0 Å². The highest BCUT2D eigenvalue weighted by Gasteiger charge is 2.15. The summed E-state index contributed by atoms with van der Waals surface area (Å²) in [5.74, 6) is 1.13. The number of aliphatic imine (C=N–C) groups is 1. The highest BCUT2D eigenvalue weighted by atomic mass is 32.1. The minimum absolute atomic E-state index is 0.0470. The van der Waals surface area contributed by atoms with E-state index >= 15 is 0 Å². The van der Waals surface area contributed by atoms with E-state index in [0.29, 0.717) is 17.9 Å². The predicted octanol–water partition coefficient (Wildman–Crippen LogP) is 2.47. The Morgan fingerprint density at radius 1 is 1.35 bits per heavy atom. The third-order valence-electron chi connectivity index (χ3n) is 4.30. The lowest BCUT2D eigenvalue weighted by atomic mass is 9.95. The largest absolute Gasteiger partial charge is 0.356 e. The van der Waals surface area contributed by atoms with Crippen LogP contribution in [0.1, 0.15) is 50.5 Å². The fourth-order valence-corrected chi connectivity index (χ4v) is 3.62. The molecule has 3 N–H and O–H groups in total. The lowest BCUT2D eigenvalue weighted by molar-refractivity contribution is -0.120. The third-order valence-corrected chi connectivity index (χ3v) is 5.00. The summed E-state index contributed by atoms with van der Waals surface area (Å²) in [6.45, 7) is 3.24. The average Bonchev–Trinajstić information content (AvgIpc) is 3.10. The van der Waals surface area contributed by atoms with Crippen molar-refractivity contribution in [3.05, 3.63) is 22.4 Å². The van der Waals surface area contributed by atoms with E-state index in [9.17, 15) is 4.79 Å². The molecule has 1 aliphatic rings. The van der Waals surface area contributed by atoms with Crippen molar-refractivity contribution >= 4 is 23.2 Å². The predicted molar refractivity (Wildman–Crippen MR) is 97.1 cm³/mol. The molecular weight excluding hydrogens is 308 g/mol. The molecule has 0 saturated heterocycles. The zero-order valence-corrected chi connectivity index (χ0v) is 14.9. The maximum absolute atomic E-state index is 12.0. The minimum Gasteiger partial charge on any atom is -0.356 e. The summed E-state index contributed by atoms with van der Waals surface area (Å²) >= 11 is 1.71. The first-order valence-electron chi connectivity index (χ1n) is 8.45. The van der Waals surface area contributed by atoms with Gasteiger partial charge in [0.2, 0.25) is 5.91 Å². The first-order valence-corrected chi connectivity index (χ1v) is 9.39. The Morgan fingerprint density at radius 3 is 2.78 bits per heavy atom. The number of nitrogens with one attached hydrogen (secondary N) is 3. The van der Waals surface area contributed by atoms with Gasteiger partial charge in [-0.1, -0.05) is 26.2 Å². The summed E-state index contributed by atoms with van der Waals surface area (Å²) < 4.78 is 0. The lowest BCUT2D eigenvalue weighted by Gasteiger charge is -2.23. The molecule has 0 aliphatic heterocycles. The Kier molecular flexibility index (Phi) is 7.39. The molecule has 1 fully saturated rings. The topological polar surface area (TPSA) is 65.5 Å². The number of carbonyl (C=O) groups is 1. The van der Waals surface area contributed by atoms with Crippen molar-refractivity contribution in [2.75, 3.05) is 20.1 Å². The second-order valence-electron chi connectivity index (χ2n) is 6.17. The number of carbonyl (C=O) groups excluding carboxylic acids is 1. The monoisotopic (exact) mass is 336 g/mol. The van der Waals surface area contributed by atoms with Crippen molar-refractivity contribution in [3.63, 3.8) is 0 Å². The van der Waals surface area contributed by atoms with Crippen LogP contribution in [-0.4, -0.2) is 38.0 Å². The molecule has 1 saturated carbocycles. The maximum Gasteiger partial charge on any atom is 0.239 e. The molecule has 5 nitrogen and oxygen atoms in total. The standard InChI is InChI=1S/C17H28N4OS/c1-13(14-8-9-23-12-14)10-19-17(18-2)20-11-16(22)21-15-6-4-3-5-7-15/h8-9,12-13,15H,3-7,10-11H2,1-2H3,(H,21,22)(H2,18,19,20). The molecule has 1 unspecified atom stereocenters.